The highest BCUT2D eigenvalue weighted by atomic mass is 32.2. The Balaban J connectivity index is 2.04. The van der Waals surface area contributed by atoms with E-state index in [4.69, 9.17) is 4.74 Å². The molecule has 1 aliphatic rings. The van der Waals surface area contributed by atoms with Crippen LogP contribution >= 0.6 is 11.8 Å². The summed E-state index contributed by atoms with van der Waals surface area (Å²) in [5.74, 6) is -0.171. The van der Waals surface area contributed by atoms with Crippen LogP contribution in [0, 0.1) is 6.92 Å². The molecular formula is C16H17N3O4S. The third-order valence-electron chi connectivity index (χ3n) is 2.96. The highest BCUT2D eigenvalue weighted by molar-refractivity contribution is 8.18. The number of nitrogens with zero attached hydrogens (tertiary/aromatic N) is 2. The lowest BCUT2D eigenvalue weighted by Crippen LogP contribution is -2.19. The van der Waals surface area contributed by atoms with Gasteiger partial charge in [0.05, 0.1) is 24.8 Å². The first-order valence-electron chi connectivity index (χ1n) is 7.16. The third kappa shape index (κ3) is 4.69. The molecule has 7 nitrogen and oxygen atoms in total. The fraction of sp³-hybridized carbons (Fsp3) is 0.250. The van der Waals surface area contributed by atoms with Crippen molar-refractivity contribution in [1.29, 1.82) is 0 Å². The number of carbonyl (C=O) groups is 2. The smallest absolute Gasteiger partial charge is 0.331 e. The summed E-state index contributed by atoms with van der Waals surface area (Å²) in [6.07, 6.45) is 2.69. The van der Waals surface area contributed by atoms with Gasteiger partial charge >= 0.3 is 5.97 Å². The summed E-state index contributed by atoms with van der Waals surface area (Å²) in [6, 6.07) is 5.67. The van der Waals surface area contributed by atoms with Crippen molar-refractivity contribution >= 4 is 35.0 Å². The van der Waals surface area contributed by atoms with Crippen molar-refractivity contribution in [2.45, 2.75) is 13.8 Å². The van der Waals surface area contributed by atoms with E-state index in [0.29, 0.717) is 11.8 Å². The number of esters is 1. The lowest BCUT2D eigenvalue weighted by Gasteiger charge is -2.06. The molecule has 1 saturated heterocycles. The van der Waals surface area contributed by atoms with E-state index in [0.717, 1.165) is 34.7 Å². The molecule has 0 unspecified atom stereocenters. The first-order chi connectivity index (χ1) is 11.5. The summed E-state index contributed by atoms with van der Waals surface area (Å²) in [6.45, 7) is 4.49. The molecule has 2 rings (SSSR count). The van der Waals surface area contributed by atoms with Gasteiger partial charge in [-0.15, -0.1) is 5.10 Å². The Labute approximate surface area is 143 Å². The maximum Gasteiger partial charge on any atom is 0.331 e. The maximum absolute atomic E-state index is 11.7. The average Bonchev–Trinajstić information content (AvgIpc) is 2.89. The molecule has 0 atom stereocenters. The molecule has 0 bridgehead atoms. The van der Waals surface area contributed by atoms with E-state index in [2.05, 4.69) is 20.3 Å². The van der Waals surface area contributed by atoms with Crippen LogP contribution in [0.5, 0.6) is 5.75 Å². The molecule has 0 saturated carbocycles. The van der Waals surface area contributed by atoms with Gasteiger partial charge in [-0.1, -0.05) is 0 Å². The number of methoxy groups -OCH3 is 1. The van der Waals surface area contributed by atoms with Crippen molar-refractivity contribution in [3.63, 3.8) is 0 Å². The SMILES string of the molecule is CCOc1ccc(C=N/N=C2/NC(=O)/C(=C\C(=O)OC)S2)cc1C. The molecule has 8 heteroatoms. The summed E-state index contributed by atoms with van der Waals surface area (Å²) in [5.41, 5.74) is 1.86. The van der Waals surface area contributed by atoms with Crippen LogP contribution in [0.2, 0.25) is 0 Å². The topological polar surface area (TPSA) is 89.4 Å². The monoisotopic (exact) mass is 347 g/mol. The van der Waals surface area contributed by atoms with Gasteiger partial charge in [-0.3, -0.25) is 10.1 Å². The van der Waals surface area contributed by atoms with E-state index in [-0.39, 0.29) is 4.91 Å². The zero-order chi connectivity index (χ0) is 17.5. The van der Waals surface area contributed by atoms with Crippen molar-refractivity contribution in [3.05, 3.63) is 40.3 Å². The van der Waals surface area contributed by atoms with E-state index in [1.54, 1.807) is 6.21 Å². The molecule has 0 radical (unpaired) electrons. The van der Waals surface area contributed by atoms with Crippen molar-refractivity contribution in [2.75, 3.05) is 13.7 Å². The molecule has 1 aliphatic heterocycles. The van der Waals surface area contributed by atoms with Crippen LogP contribution in [0.4, 0.5) is 0 Å². The Morgan fingerprint density at radius 2 is 2.21 bits per heavy atom. The lowest BCUT2D eigenvalue weighted by molar-refractivity contribution is -0.135. The molecule has 1 fully saturated rings. The van der Waals surface area contributed by atoms with Crippen molar-refractivity contribution in [2.24, 2.45) is 10.2 Å². The second kappa shape index (κ2) is 8.30. The van der Waals surface area contributed by atoms with Crippen LogP contribution in [0.1, 0.15) is 18.1 Å². The molecule has 0 spiro atoms. The fourth-order valence-electron chi connectivity index (χ4n) is 1.86. The first-order valence-corrected chi connectivity index (χ1v) is 7.98. The van der Waals surface area contributed by atoms with E-state index < -0.39 is 11.9 Å². The van der Waals surface area contributed by atoms with Crippen LogP contribution in [-0.4, -0.2) is 37.0 Å². The number of hydrogen-bond acceptors (Lipinski definition) is 7. The van der Waals surface area contributed by atoms with Gasteiger partial charge in [0.25, 0.3) is 5.91 Å². The summed E-state index contributed by atoms with van der Waals surface area (Å²) in [7, 11) is 1.25. The largest absolute Gasteiger partial charge is 0.494 e. The number of benzene rings is 1. The Hall–Kier alpha value is -2.61. The van der Waals surface area contributed by atoms with Crippen LogP contribution in [0.25, 0.3) is 0 Å². The number of carbonyl (C=O) groups excluding carboxylic acids is 2. The van der Waals surface area contributed by atoms with Crippen LogP contribution < -0.4 is 10.1 Å². The average molecular weight is 347 g/mol. The summed E-state index contributed by atoms with van der Waals surface area (Å²) in [4.78, 5) is 23.0. The van der Waals surface area contributed by atoms with Crippen LogP contribution in [0.3, 0.4) is 0 Å². The Bertz CT molecular complexity index is 741. The molecule has 0 aliphatic carbocycles. The molecule has 1 heterocycles. The number of thioether (sulfide) groups is 1. The van der Waals surface area contributed by atoms with Gasteiger partial charge in [0.2, 0.25) is 0 Å². The molecule has 1 aromatic carbocycles. The highest BCUT2D eigenvalue weighted by Gasteiger charge is 2.24. The van der Waals surface area contributed by atoms with Gasteiger partial charge in [-0.2, -0.15) is 5.10 Å². The minimum atomic E-state index is -0.595. The van der Waals surface area contributed by atoms with Gasteiger partial charge in [-0.25, -0.2) is 4.79 Å². The Kier molecular flexibility index (Phi) is 6.14. The predicted molar refractivity (Wildman–Crippen MR) is 93.2 cm³/mol. The number of ether oxygens (including phenoxy) is 2. The van der Waals surface area contributed by atoms with Crippen LogP contribution in [0.15, 0.2) is 39.4 Å². The first kappa shape index (κ1) is 17.7. The highest BCUT2D eigenvalue weighted by Crippen LogP contribution is 2.23. The number of amides is 1. The third-order valence-corrected chi connectivity index (χ3v) is 3.86. The normalized spacial score (nSPS) is 17.5. The van der Waals surface area contributed by atoms with Gasteiger partial charge < -0.3 is 9.47 Å². The van der Waals surface area contributed by atoms with Gasteiger partial charge in [0.1, 0.15) is 5.75 Å². The lowest BCUT2D eigenvalue weighted by atomic mass is 10.1. The van der Waals surface area contributed by atoms with E-state index in [9.17, 15) is 9.59 Å². The van der Waals surface area contributed by atoms with E-state index >= 15 is 0 Å². The second-order valence-corrected chi connectivity index (χ2v) is 5.73. The Morgan fingerprint density at radius 3 is 2.88 bits per heavy atom. The molecule has 1 aromatic rings. The Morgan fingerprint density at radius 1 is 1.42 bits per heavy atom. The number of hydrogen-bond donors (Lipinski definition) is 1. The minimum Gasteiger partial charge on any atom is -0.494 e. The fourth-order valence-corrected chi connectivity index (χ4v) is 2.60. The van der Waals surface area contributed by atoms with Gasteiger partial charge in [0.15, 0.2) is 5.17 Å². The summed E-state index contributed by atoms with van der Waals surface area (Å²) in [5, 5.41) is 10.7. The molecule has 1 N–H and O–H groups in total. The van der Waals surface area contributed by atoms with Gasteiger partial charge in [-0.05, 0) is 54.9 Å². The minimum absolute atomic E-state index is 0.215. The molecular weight excluding hydrogens is 330 g/mol. The van der Waals surface area contributed by atoms with E-state index in [1.807, 2.05) is 32.0 Å². The molecule has 24 heavy (non-hydrogen) atoms. The quantitative estimate of drug-likeness (QED) is 0.381. The van der Waals surface area contributed by atoms with Gasteiger partial charge in [0, 0.05) is 6.08 Å². The van der Waals surface area contributed by atoms with Crippen molar-refractivity contribution in [1.82, 2.24) is 5.32 Å². The maximum atomic E-state index is 11.7. The zero-order valence-corrected chi connectivity index (χ0v) is 14.3. The van der Waals surface area contributed by atoms with Crippen molar-refractivity contribution < 1.29 is 19.1 Å². The molecule has 1 amide bonds. The second-order valence-electron chi connectivity index (χ2n) is 4.70. The molecule has 0 aromatic heterocycles. The van der Waals surface area contributed by atoms with Crippen molar-refractivity contribution in [3.8, 4) is 5.75 Å². The zero-order valence-electron chi connectivity index (χ0n) is 13.5. The molecule has 126 valence electrons. The summed E-state index contributed by atoms with van der Waals surface area (Å²) >= 11 is 1.03. The predicted octanol–water partition coefficient (Wildman–Crippen LogP) is 2.00. The number of rotatable bonds is 5. The standard InChI is InChI=1S/C16H17N3O4S/c1-4-23-12-6-5-11(7-10(12)2)9-17-19-16-18-15(21)13(24-16)8-14(20)22-3/h5-9H,4H2,1-3H3,(H,18,19,21)/b13-8+,17-9?. The van der Waals surface area contributed by atoms with E-state index in [1.165, 1.54) is 7.11 Å². The number of aryl methyl sites for hydroxylation is 1. The number of amidine groups is 1. The number of nitrogens with one attached hydrogen (secondary N) is 1. The van der Waals surface area contributed by atoms with Crippen LogP contribution in [-0.2, 0) is 14.3 Å². The summed E-state index contributed by atoms with van der Waals surface area (Å²) < 4.78 is 9.96.